The number of aromatic nitrogens is 3. The number of pyridine rings is 2. The summed E-state index contributed by atoms with van der Waals surface area (Å²) in [7, 11) is -3.46. The van der Waals surface area contributed by atoms with Gasteiger partial charge in [-0.15, -0.1) is 0 Å². The van der Waals surface area contributed by atoms with Crippen LogP contribution < -0.4 is 10.9 Å². The van der Waals surface area contributed by atoms with Gasteiger partial charge in [0.05, 0.1) is 28.4 Å². The van der Waals surface area contributed by atoms with Crippen LogP contribution in [0.25, 0.3) is 16.8 Å². The fourth-order valence-electron chi connectivity index (χ4n) is 4.12. The molecule has 0 saturated heterocycles. The third-order valence-corrected chi connectivity index (χ3v) is 7.18. The summed E-state index contributed by atoms with van der Waals surface area (Å²) in [5.74, 6) is -0.408. The molecule has 0 aliphatic heterocycles. The number of nitrogens with one attached hydrogen (secondary N) is 1. The zero-order chi connectivity index (χ0) is 28.7. The molecular formula is C26H23F3N4O5S. The van der Waals surface area contributed by atoms with Gasteiger partial charge >= 0.3 is 6.18 Å². The predicted octanol–water partition coefficient (Wildman–Crippen LogP) is 4.17. The fraction of sp³-hybridized carbons (Fsp3) is 0.231. The Hall–Kier alpha value is -4.26. The van der Waals surface area contributed by atoms with Gasteiger partial charge in [-0.2, -0.15) is 13.2 Å². The van der Waals surface area contributed by atoms with E-state index in [-0.39, 0.29) is 28.4 Å². The Morgan fingerprint density at radius 1 is 1.10 bits per heavy atom. The number of halogens is 3. The highest BCUT2D eigenvalue weighted by molar-refractivity contribution is 7.90. The average Bonchev–Trinajstić information content (AvgIpc) is 3.20. The van der Waals surface area contributed by atoms with E-state index < -0.39 is 33.0 Å². The lowest BCUT2D eigenvalue weighted by Crippen LogP contribution is -2.33. The summed E-state index contributed by atoms with van der Waals surface area (Å²) in [5, 5.41) is 6.48. The van der Waals surface area contributed by atoms with Crippen LogP contribution in [0.4, 0.5) is 13.2 Å². The lowest BCUT2D eigenvalue weighted by Gasteiger charge is -2.18. The molecule has 1 aromatic carbocycles. The van der Waals surface area contributed by atoms with Crippen molar-refractivity contribution in [1.82, 2.24) is 20.0 Å². The number of hydrogen-bond acceptors (Lipinski definition) is 7. The van der Waals surface area contributed by atoms with E-state index in [1.165, 1.54) is 30.3 Å². The zero-order valence-electron chi connectivity index (χ0n) is 21.3. The van der Waals surface area contributed by atoms with E-state index in [9.17, 15) is 31.2 Å². The highest BCUT2D eigenvalue weighted by Crippen LogP contribution is 2.33. The van der Waals surface area contributed by atoms with Crippen molar-refractivity contribution in [1.29, 1.82) is 0 Å². The Morgan fingerprint density at radius 3 is 2.38 bits per heavy atom. The summed E-state index contributed by atoms with van der Waals surface area (Å²) < 4.78 is 69.9. The van der Waals surface area contributed by atoms with Crippen molar-refractivity contribution >= 4 is 15.7 Å². The molecule has 0 aliphatic rings. The summed E-state index contributed by atoms with van der Waals surface area (Å²) in [4.78, 5) is 30.8. The van der Waals surface area contributed by atoms with Crippen LogP contribution in [0.2, 0.25) is 0 Å². The van der Waals surface area contributed by atoms with Crippen molar-refractivity contribution in [2.75, 3.05) is 6.26 Å². The second kappa shape index (κ2) is 10.1. The molecule has 0 aliphatic carbocycles. The monoisotopic (exact) mass is 560 g/mol. The van der Waals surface area contributed by atoms with Crippen molar-refractivity contribution < 1.29 is 30.9 Å². The van der Waals surface area contributed by atoms with Crippen LogP contribution in [-0.4, -0.2) is 35.3 Å². The van der Waals surface area contributed by atoms with Gasteiger partial charge in [0.1, 0.15) is 11.3 Å². The van der Waals surface area contributed by atoms with Crippen molar-refractivity contribution in [2.24, 2.45) is 0 Å². The molecule has 1 N–H and O–H groups in total. The summed E-state index contributed by atoms with van der Waals surface area (Å²) in [6.45, 7) is 4.72. The van der Waals surface area contributed by atoms with E-state index in [1.807, 2.05) is 0 Å². The third-order valence-electron chi connectivity index (χ3n) is 6.08. The number of alkyl halides is 3. The molecule has 13 heteroatoms. The number of sulfone groups is 1. The minimum absolute atomic E-state index is 0.00388. The summed E-state index contributed by atoms with van der Waals surface area (Å²) >= 11 is 0. The summed E-state index contributed by atoms with van der Waals surface area (Å²) in [6, 6.07) is 8.35. The standard InChI is InChI=1S/C26H23F3N4O5S/c1-14-23(16(3)38-32-14)21-11-22(24(34)31-12-18-8-9-20(13-30-18)39(4,36)37)25(35)33(15(21)2)19-7-5-6-17(10-19)26(27,28)29/h5-11,13H,12H2,1-4H3,(H,31,34). The lowest BCUT2D eigenvalue weighted by atomic mass is 9.99. The largest absolute Gasteiger partial charge is 0.416 e. The Bertz CT molecular complexity index is 1720. The van der Waals surface area contributed by atoms with Gasteiger partial charge in [0.2, 0.25) is 0 Å². The number of rotatable bonds is 6. The molecule has 39 heavy (non-hydrogen) atoms. The van der Waals surface area contributed by atoms with Crippen molar-refractivity contribution in [3.05, 3.63) is 93.0 Å². The minimum atomic E-state index is -4.65. The van der Waals surface area contributed by atoms with E-state index in [0.29, 0.717) is 28.3 Å². The predicted molar refractivity (Wildman–Crippen MR) is 135 cm³/mol. The number of nitrogens with zero attached hydrogens (tertiary/aromatic N) is 3. The molecule has 0 saturated carbocycles. The molecule has 9 nitrogen and oxygen atoms in total. The molecule has 3 heterocycles. The maximum Gasteiger partial charge on any atom is 0.416 e. The molecule has 204 valence electrons. The van der Waals surface area contributed by atoms with E-state index in [1.54, 1.807) is 20.8 Å². The molecule has 1 amide bonds. The molecule has 4 aromatic rings. The van der Waals surface area contributed by atoms with Crippen LogP contribution in [-0.2, 0) is 22.6 Å². The van der Waals surface area contributed by atoms with Crippen LogP contribution in [0.3, 0.4) is 0 Å². The molecule has 0 fully saturated rings. The molecule has 0 unspecified atom stereocenters. The third kappa shape index (κ3) is 5.62. The Morgan fingerprint density at radius 2 is 1.82 bits per heavy atom. The smallest absolute Gasteiger partial charge is 0.361 e. The van der Waals surface area contributed by atoms with Gasteiger partial charge in [-0.3, -0.25) is 19.1 Å². The first-order valence-corrected chi connectivity index (χ1v) is 13.4. The quantitative estimate of drug-likeness (QED) is 0.375. The molecule has 0 radical (unpaired) electrons. The Kier molecular flexibility index (Phi) is 7.21. The SMILES string of the molecule is Cc1noc(C)c1-c1cc(C(=O)NCc2ccc(S(C)(=O)=O)cn2)c(=O)n(-c2cccc(C(F)(F)F)c2)c1C. The first-order valence-electron chi connectivity index (χ1n) is 11.5. The van der Waals surface area contributed by atoms with Gasteiger partial charge in [0, 0.05) is 35.0 Å². The van der Waals surface area contributed by atoms with Crippen LogP contribution in [0.5, 0.6) is 0 Å². The van der Waals surface area contributed by atoms with Crippen molar-refractivity contribution in [3.8, 4) is 16.8 Å². The number of carbonyl (C=O) groups is 1. The molecular weight excluding hydrogens is 537 g/mol. The molecule has 4 rings (SSSR count). The van der Waals surface area contributed by atoms with E-state index in [0.717, 1.165) is 29.2 Å². The average molecular weight is 561 g/mol. The minimum Gasteiger partial charge on any atom is -0.361 e. The normalized spacial score (nSPS) is 12.0. The van der Waals surface area contributed by atoms with Gasteiger partial charge < -0.3 is 9.84 Å². The molecule has 0 bridgehead atoms. The van der Waals surface area contributed by atoms with Crippen LogP contribution >= 0.6 is 0 Å². The number of aryl methyl sites for hydroxylation is 2. The van der Waals surface area contributed by atoms with Gasteiger partial charge in [0.25, 0.3) is 11.5 Å². The number of benzene rings is 1. The molecule has 0 atom stereocenters. The van der Waals surface area contributed by atoms with Crippen LogP contribution in [0.15, 0.2) is 62.9 Å². The first kappa shape index (κ1) is 27.8. The maximum absolute atomic E-state index is 13.6. The lowest BCUT2D eigenvalue weighted by molar-refractivity contribution is -0.137. The van der Waals surface area contributed by atoms with Gasteiger partial charge in [-0.05, 0) is 57.2 Å². The fourth-order valence-corrected chi connectivity index (χ4v) is 4.68. The van der Waals surface area contributed by atoms with E-state index in [2.05, 4.69) is 15.5 Å². The Labute approximate surface area is 221 Å². The number of hydrogen-bond donors (Lipinski definition) is 1. The first-order chi connectivity index (χ1) is 18.2. The number of carbonyl (C=O) groups excluding carboxylic acids is 1. The highest BCUT2D eigenvalue weighted by atomic mass is 32.2. The van der Waals surface area contributed by atoms with E-state index in [4.69, 9.17) is 4.52 Å². The molecule has 3 aromatic heterocycles. The Balaban J connectivity index is 1.82. The topological polar surface area (TPSA) is 124 Å². The summed E-state index contributed by atoms with van der Waals surface area (Å²) in [6.07, 6.45) is -2.46. The number of amides is 1. The second-order valence-corrected chi connectivity index (χ2v) is 10.9. The van der Waals surface area contributed by atoms with Gasteiger partial charge in [-0.1, -0.05) is 11.2 Å². The van der Waals surface area contributed by atoms with Gasteiger partial charge in [0.15, 0.2) is 9.84 Å². The van der Waals surface area contributed by atoms with E-state index >= 15 is 0 Å². The highest BCUT2D eigenvalue weighted by Gasteiger charge is 2.31. The van der Waals surface area contributed by atoms with Crippen molar-refractivity contribution in [3.63, 3.8) is 0 Å². The van der Waals surface area contributed by atoms with Crippen LogP contribution in [0, 0.1) is 20.8 Å². The molecule has 0 spiro atoms. The summed E-state index contributed by atoms with van der Waals surface area (Å²) in [5.41, 5.74) is -0.247. The maximum atomic E-state index is 13.6. The zero-order valence-corrected chi connectivity index (χ0v) is 22.1. The van der Waals surface area contributed by atoms with Crippen LogP contribution in [0.1, 0.15) is 38.8 Å². The van der Waals surface area contributed by atoms with Crippen molar-refractivity contribution in [2.45, 2.75) is 38.4 Å². The second-order valence-electron chi connectivity index (χ2n) is 8.89. The van der Waals surface area contributed by atoms with Gasteiger partial charge in [-0.25, -0.2) is 8.42 Å².